The van der Waals surface area contributed by atoms with Crippen LogP contribution in [0.1, 0.15) is 57.8 Å². The minimum Gasteiger partial charge on any atom is -0.481 e. The third kappa shape index (κ3) is 3.72. The molecule has 1 aliphatic carbocycles. The summed E-state index contributed by atoms with van der Waals surface area (Å²) in [5, 5.41) is 12.2. The second kappa shape index (κ2) is 6.57. The van der Waals surface area contributed by atoms with E-state index in [9.17, 15) is 9.59 Å². The van der Waals surface area contributed by atoms with Crippen LogP contribution in [0.2, 0.25) is 0 Å². The number of carboxylic acids is 1. The van der Waals surface area contributed by atoms with Crippen molar-refractivity contribution >= 4 is 11.9 Å². The van der Waals surface area contributed by atoms with Crippen molar-refractivity contribution in [1.29, 1.82) is 0 Å². The lowest BCUT2D eigenvalue weighted by Crippen LogP contribution is -2.57. The molecule has 1 atom stereocenters. The Hall–Kier alpha value is -1.10. The molecule has 1 saturated heterocycles. The predicted octanol–water partition coefficient (Wildman–Crippen LogP) is 1.76. The Morgan fingerprint density at radius 1 is 1.20 bits per heavy atom. The molecule has 0 aromatic heterocycles. The SMILES string of the molecule is CN1CCCC[C@@H]1C(=O)NC1(CC(=O)O)CCCCC1. The van der Waals surface area contributed by atoms with Gasteiger partial charge in [-0.3, -0.25) is 14.5 Å². The van der Waals surface area contributed by atoms with E-state index in [0.717, 1.165) is 57.9 Å². The number of aliphatic carboxylic acids is 1. The minimum atomic E-state index is -0.816. The summed E-state index contributed by atoms with van der Waals surface area (Å²) in [4.78, 5) is 25.7. The Kier molecular flexibility index (Phi) is 5.02. The number of carbonyl (C=O) groups is 2. The summed E-state index contributed by atoms with van der Waals surface area (Å²) in [7, 11) is 1.98. The van der Waals surface area contributed by atoms with Crippen LogP contribution < -0.4 is 5.32 Å². The number of rotatable bonds is 4. The number of amides is 1. The number of nitrogens with one attached hydrogen (secondary N) is 1. The molecule has 114 valence electrons. The number of likely N-dealkylation sites (N-methyl/N-ethyl adjacent to an activating group) is 1. The zero-order chi connectivity index (χ0) is 14.6. The van der Waals surface area contributed by atoms with E-state index in [1.165, 1.54) is 0 Å². The fraction of sp³-hybridized carbons (Fsp3) is 0.867. The maximum atomic E-state index is 12.5. The first-order chi connectivity index (χ1) is 9.52. The van der Waals surface area contributed by atoms with Gasteiger partial charge in [0.1, 0.15) is 0 Å². The second-order valence-electron chi connectivity index (χ2n) is 6.39. The number of hydrogen-bond donors (Lipinski definition) is 2. The van der Waals surface area contributed by atoms with E-state index in [4.69, 9.17) is 5.11 Å². The van der Waals surface area contributed by atoms with Gasteiger partial charge in [0.2, 0.25) is 5.91 Å². The van der Waals surface area contributed by atoms with Gasteiger partial charge in [0.05, 0.1) is 18.0 Å². The maximum Gasteiger partial charge on any atom is 0.305 e. The van der Waals surface area contributed by atoms with Crippen LogP contribution in [0, 0.1) is 0 Å². The van der Waals surface area contributed by atoms with E-state index in [1.807, 2.05) is 7.05 Å². The van der Waals surface area contributed by atoms with Gasteiger partial charge in [0.25, 0.3) is 0 Å². The van der Waals surface area contributed by atoms with E-state index >= 15 is 0 Å². The molecule has 0 unspecified atom stereocenters. The average molecular weight is 282 g/mol. The third-order valence-corrected chi connectivity index (χ3v) is 4.76. The topological polar surface area (TPSA) is 69.6 Å². The molecule has 2 fully saturated rings. The van der Waals surface area contributed by atoms with Crippen LogP contribution in [-0.4, -0.2) is 47.1 Å². The van der Waals surface area contributed by atoms with Crippen LogP contribution in [0.4, 0.5) is 0 Å². The average Bonchev–Trinajstić information content (AvgIpc) is 2.39. The van der Waals surface area contributed by atoms with Gasteiger partial charge < -0.3 is 10.4 Å². The fourth-order valence-electron chi connectivity index (χ4n) is 3.62. The molecule has 2 aliphatic rings. The van der Waals surface area contributed by atoms with E-state index in [2.05, 4.69) is 10.2 Å². The van der Waals surface area contributed by atoms with E-state index in [-0.39, 0.29) is 18.4 Å². The van der Waals surface area contributed by atoms with Crippen LogP contribution in [0.3, 0.4) is 0 Å². The van der Waals surface area contributed by atoms with Crippen molar-refractivity contribution in [3.05, 3.63) is 0 Å². The summed E-state index contributed by atoms with van der Waals surface area (Å²) in [6.45, 7) is 0.948. The highest BCUT2D eigenvalue weighted by Crippen LogP contribution is 2.31. The van der Waals surface area contributed by atoms with E-state index in [1.54, 1.807) is 0 Å². The molecule has 0 aromatic carbocycles. The van der Waals surface area contributed by atoms with Gasteiger partial charge in [-0.2, -0.15) is 0 Å². The van der Waals surface area contributed by atoms with Gasteiger partial charge in [0, 0.05) is 0 Å². The fourth-order valence-corrected chi connectivity index (χ4v) is 3.62. The number of likely N-dealkylation sites (tertiary alicyclic amines) is 1. The number of nitrogens with zero attached hydrogens (tertiary/aromatic N) is 1. The van der Waals surface area contributed by atoms with Crippen LogP contribution >= 0.6 is 0 Å². The van der Waals surface area contributed by atoms with Crippen LogP contribution in [0.5, 0.6) is 0 Å². The molecule has 1 aliphatic heterocycles. The quantitative estimate of drug-likeness (QED) is 0.824. The van der Waals surface area contributed by atoms with Crippen molar-refractivity contribution in [2.24, 2.45) is 0 Å². The van der Waals surface area contributed by atoms with E-state index < -0.39 is 11.5 Å². The van der Waals surface area contributed by atoms with Crippen molar-refractivity contribution in [3.63, 3.8) is 0 Å². The maximum absolute atomic E-state index is 12.5. The molecule has 0 radical (unpaired) electrons. The van der Waals surface area contributed by atoms with Crippen LogP contribution in [0.25, 0.3) is 0 Å². The summed E-state index contributed by atoms with van der Waals surface area (Å²) in [5.41, 5.74) is -0.514. The Morgan fingerprint density at radius 2 is 1.90 bits per heavy atom. The normalized spacial score (nSPS) is 26.9. The minimum absolute atomic E-state index is 0.0235. The van der Waals surface area contributed by atoms with E-state index in [0.29, 0.717) is 0 Å². The number of piperidine rings is 1. The van der Waals surface area contributed by atoms with Crippen molar-refractivity contribution < 1.29 is 14.7 Å². The number of carbonyl (C=O) groups excluding carboxylic acids is 1. The molecule has 5 nitrogen and oxygen atoms in total. The summed E-state index contributed by atoms with van der Waals surface area (Å²) in [6, 6.07) is -0.0867. The molecular weight excluding hydrogens is 256 g/mol. The molecular formula is C15H26N2O3. The molecule has 1 heterocycles. The zero-order valence-electron chi connectivity index (χ0n) is 12.4. The Bertz CT molecular complexity index is 364. The van der Waals surface area contributed by atoms with Crippen LogP contribution in [0.15, 0.2) is 0 Å². The molecule has 0 bridgehead atoms. The van der Waals surface area contributed by atoms with Gasteiger partial charge in [-0.15, -0.1) is 0 Å². The largest absolute Gasteiger partial charge is 0.481 e. The molecule has 20 heavy (non-hydrogen) atoms. The Morgan fingerprint density at radius 3 is 2.50 bits per heavy atom. The highest BCUT2D eigenvalue weighted by atomic mass is 16.4. The van der Waals surface area contributed by atoms with Crippen molar-refractivity contribution in [1.82, 2.24) is 10.2 Å². The second-order valence-corrected chi connectivity index (χ2v) is 6.39. The molecule has 1 saturated carbocycles. The Balaban J connectivity index is 2.02. The molecule has 0 spiro atoms. The van der Waals surface area contributed by atoms with Crippen LogP contribution in [-0.2, 0) is 9.59 Å². The van der Waals surface area contributed by atoms with Crippen molar-refractivity contribution in [2.75, 3.05) is 13.6 Å². The standard InChI is InChI=1S/C15H26N2O3/c1-17-10-6-3-7-12(17)14(20)16-15(11-13(18)19)8-4-2-5-9-15/h12H,2-11H2,1H3,(H,16,20)(H,18,19)/t12-/m1/s1. The molecule has 0 aromatic rings. The third-order valence-electron chi connectivity index (χ3n) is 4.76. The lowest BCUT2D eigenvalue weighted by molar-refractivity contribution is -0.140. The smallest absolute Gasteiger partial charge is 0.305 e. The zero-order valence-corrected chi connectivity index (χ0v) is 12.4. The molecule has 2 N–H and O–H groups in total. The molecule has 1 amide bonds. The monoisotopic (exact) mass is 282 g/mol. The predicted molar refractivity (Wildman–Crippen MR) is 76.5 cm³/mol. The van der Waals surface area contributed by atoms with Gasteiger partial charge in [-0.05, 0) is 39.3 Å². The summed E-state index contributed by atoms with van der Waals surface area (Å²) in [6.07, 6.45) is 7.89. The van der Waals surface area contributed by atoms with Crippen molar-refractivity contribution in [3.8, 4) is 0 Å². The molecule has 2 rings (SSSR count). The van der Waals surface area contributed by atoms with Crippen molar-refractivity contribution in [2.45, 2.75) is 69.4 Å². The summed E-state index contributed by atoms with van der Waals surface area (Å²) in [5.74, 6) is -0.792. The van der Waals surface area contributed by atoms with Gasteiger partial charge in [-0.25, -0.2) is 0 Å². The lowest BCUT2D eigenvalue weighted by Gasteiger charge is -2.40. The Labute approximate surface area is 120 Å². The first-order valence-corrected chi connectivity index (χ1v) is 7.76. The lowest BCUT2D eigenvalue weighted by atomic mass is 9.79. The number of hydrogen-bond acceptors (Lipinski definition) is 3. The first kappa shape index (κ1) is 15.3. The summed E-state index contributed by atoms with van der Waals surface area (Å²) >= 11 is 0. The molecule has 5 heteroatoms. The number of carboxylic acid groups (broad SMARTS) is 1. The van der Waals surface area contributed by atoms with Gasteiger partial charge in [0.15, 0.2) is 0 Å². The highest BCUT2D eigenvalue weighted by molar-refractivity contribution is 5.83. The van der Waals surface area contributed by atoms with Gasteiger partial charge in [-0.1, -0.05) is 25.7 Å². The highest BCUT2D eigenvalue weighted by Gasteiger charge is 2.38. The first-order valence-electron chi connectivity index (χ1n) is 7.76. The van der Waals surface area contributed by atoms with Gasteiger partial charge >= 0.3 is 5.97 Å². The summed E-state index contributed by atoms with van der Waals surface area (Å²) < 4.78 is 0.